The van der Waals surface area contributed by atoms with Gasteiger partial charge in [0.15, 0.2) is 0 Å². The molecule has 21 heavy (non-hydrogen) atoms. The molecule has 0 aromatic heterocycles. The summed E-state index contributed by atoms with van der Waals surface area (Å²) in [5, 5.41) is 3.58. The van der Waals surface area contributed by atoms with Crippen molar-refractivity contribution >= 4 is 0 Å². The molecule has 0 radical (unpaired) electrons. The van der Waals surface area contributed by atoms with Gasteiger partial charge in [-0.15, -0.1) is 6.58 Å². The summed E-state index contributed by atoms with van der Waals surface area (Å²) in [5.74, 6) is 0. The van der Waals surface area contributed by atoms with Crippen molar-refractivity contribution in [3.05, 3.63) is 84.4 Å². The second-order valence-corrected chi connectivity index (χ2v) is 4.90. The van der Waals surface area contributed by atoms with Crippen LogP contribution in [-0.2, 0) is 4.74 Å². The van der Waals surface area contributed by atoms with Crippen LogP contribution in [0.15, 0.2) is 73.3 Å². The molecule has 0 heterocycles. The predicted octanol–water partition coefficient (Wildman–Crippen LogP) is 3.96. The topological polar surface area (TPSA) is 21.3 Å². The van der Waals surface area contributed by atoms with Crippen LogP contribution >= 0.6 is 0 Å². The number of benzene rings is 2. The fraction of sp³-hybridized carbons (Fsp3) is 0.263. The van der Waals surface area contributed by atoms with E-state index in [1.165, 1.54) is 11.1 Å². The summed E-state index contributed by atoms with van der Waals surface area (Å²) in [6.07, 6.45) is 2.78. The van der Waals surface area contributed by atoms with Crippen LogP contribution in [0.1, 0.15) is 23.6 Å². The molecule has 2 heteroatoms. The Labute approximate surface area is 127 Å². The highest BCUT2D eigenvalue weighted by atomic mass is 16.5. The highest BCUT2D eigenvalue weighted by Gasteiger charge is 2.12. The number of rotatable bonds is 9. The van der Waals surface area contributed by atoms with E-state index < -0.39 is 0 Å². The maximum absolute atomic E-state index is 5.56. The smallest absolute Gasteiger partial charge is 0.0591 e. The highest BCUT2D eigenvalue weighted by Crippen LogP contribution is 2.21. The third-order valence-corrected chi connectivity index (χ3v) is 3.33. The first kappa shape index (κ1) is 15.5. The molecule has 0 atom stereocenters. The molecule has 0 saturated carbocycles. The van der Waals surface area contributed by atoms with E-state index in [0.29, 0.717) is 6.61 Å². The molecule has 1 N–H and O–H groups in total. The minimum absolute atomic E-state index is 0.204. The molecular weight excluding hydrogens is 258 g/mol. The lowest BCUT2D eigenvalue weighted by molar-refractivity contribution is 0.139. The molecule has 0 aliphatic carbocycles. The van der Waals surface area contributed by atoms with Gasteiger partial charge in [-0.2, -0.15) is 0 Å². The highest BCUT2D eigenvalue weighted by molar-refractivity contribution is 5.31. The van der Waals surface area contributed by atoms with Crippen molar-refractivity contribution in [3.8, 4) is 0 Å². The van der Waals surface area contributed by atoms with E-state index in [1.54, 1.807) is 0 Å². The van der Waals surface area contributed by atoms with Crippen molar-refractivity contribution in [2.45, 2.75) is 12.5 Å². The van der Waals surface area contributed by atoms with Gasteiger partial charge in [-0.05, 0) is 17.5 Å². The number of hydrogen-bond donors (Lipinski definition) is 1. The van der Waals surface area contributed by atoms with E-state index >= 15 is 0 Å². The first-order chi connectivity index (χ1) is 10.4. The summed E-state index contributed by atoms with van der Waals surface area (Å²) < 4.78 is 5.56. The van der Waals surface area contributed by atoms with Gasteiger partial charge in [0.2, 0.25) is 0 Å². The molecule has 0 saturated heterocycles. The van der Waals surface area contributed by atoms with Gasteiger partial charge in [0.05, 0.1) is 19.3 Å². The van der Waals surface area contributed by atoms with Gasteiger partial charge in [0.25, 0.3) is 0 Å². The Hall–Kier alpha value is -1.90. The molecule has 0 bridgehead atoms. The van der Waals surface area contributed by atoms with Gasteiger partial charge in [-0.1, -0.05) is 66.7 Å². The Kier molecular flexibility index (Phi) is 6.72. The number of nitrogens with one attached hydrogen (secondary N) is 1. The fourth-order valence-electron chi connectivity index (χ4n) is 2.26. The fourth-order valence-corrected chi connectivity index (χ4v) is 2.26. The molecule has 0 spiro atoms. The van der Waals surface area contributed by atoms with Crippen LogP contribution in [0, 0.1) is 0 Å². The summed E-state index contributed by atoms with van der Waals surface area (Å²) in [5.41, 5.74) is 2.55. The summed E-state index contributed by atoms with van der Waals surface area (Å²) in [6.45, 7) is 5.97. The van der Waals surface area contributed by atoms with E-state index in [-0.39, 0.29) is 6.04 Å². The van der Waals surface area contributed by atoms with Gasteiger partial charge in [-0.3, -0.25) is 0 Å². The molecular formula is C19H23NO. The quantitative estimate of drug-likeness (QED) is 0.555. The van der Waals surface area contributed by atoms with Crippen LogP contribution in [0.3, 0.4) is 0 Å². The Morgan fingerprint density at radius 3 is 2.00 bits per heavy atom. The van der Waals surface area contributed by atoms with Crippen LogP contribution in [0.4, 0.5) is 0 Å². The van der Waals surface area contributed by atoms with Gasteiger partial charge >= 0.3 is 0 Å². The molecule has 2 nitrogen and oxygen atoms in total. The van der Waals surface area contributed by atoms with E-state index in [9.17, 15) is 0 Å². The third-order valence-electron chi connectivity index (χ3n) is 3.33. The zero-order chi connectivity index (χ0) is 14.8. The number of hydrogen-bond acceptors (Lipinski definition) is 2. The van der Waals surface area contributed by atoms with Crippen LogP contribution in [-0.4, -0.2) is 19.8 Å². The van der Waals surface area contributed by atoms with E-state index in [4.69, 9.17) is 4.74 Å². The standard InChI is InChI=1S/C19H23NO/c1-2-3-15-21-16-14-20-19(17-10-6-4-7-11-17)18-12-8-5-9-13-18/h2,4-13,19-20H,1,3,14-16H2. The van der Waals surface area contributed by atoms with Gasteiger partial charge in [0.1, 0.15) is 0 Å². The van der Waals surface area contributed by atoms with Crippen LogP contribution in [0.5, 0.6) is 0 Å². The zero-order valence-electron chi connectivity index (χ0n) is 12.4. The van der Waals surface area contributed by atoms with Crippen molar-refractivity contribution in [2.24, 2.45) is 0 Å². The molecule has 0 fully saturated rings. The van der Waals surface area contributed by atoms with Crippen molar-refractivity contribution in [2.75, 3.05) is 19.8 Å². The lowest BCUT2D eigenvalue weighted by Gasteiger charge is -2.20. The van der Waals surface area contributed by atoms with Crippen LogP contribution in [0.2, 0.25) is 0 Å². The summed E-state index contributed by atoms with van der Waals surface area (Å²) in [6, 6.07) is 21.2. The minimum atomic E-state index is 0.204. The van der Waals surface area contributed by atoms with Crippen LogP contribution in [0.25, 0.3) is 0 Å². The van der Waals surface area contributed by atoms with Gasteiger partial charge in [-0.25, -0.2) is 0 Å². The predicted molar refractivity (Wildman–Crippen MR) is 88.4 cm³/mol. The lowest BCUT2D eigenvalue weighted by Crippen LogP contribution is -2.26. The normalized spacial score (nSPS) is 10.7. The van der Waals surface area contributed by atoms with Crippen LogP contribution < -0.4 is 5.32 Å². The van der Waals surface area contributed by atoms with Crippen molar-refractivity contribution < 1.29 is 4.74 Å². The van der Waals surface area contributed by atoms with E-state index in [2.05, 4.69) is 60.4 Å². The van der Waals surface area contributed by atoms with Crippen molar-refractivity contribution in [1.29, 1.82) is 0 Å². The average Bonchev–Trinajstić information content (AvgIpc) is 2.56. The number of ether oxygens (including phenoxy) is 1. The first-order valence-corrected chi connectivity index (χ1v) is 7.43. The Balaban J connectivity index is 1.95. The molecule has 110 valence electrons. The molecule has 0 unspecified atom stereocenters. The third kappa shape index (κ3) is 5.18. The van der Waals surface area contributed by atoms with Crippen molar-refractivity contribution in [1.82, 2.24) is 5.32 Å². The minimum Gasteiger partial charge on any atom is -0.380 e. The molecule has 2 aromatic carbocycles. The monoisotopic (exact) mass is 281 g/mol. The molecule has 0 aliphatic heterocycles. The zero-order valence-corrected chi connectivity index (χ0v) is 12.4. The largest absolute Gasteiger partial charge is 0.380 e. The maximum Gasteiger partial charge on any atom is 0.0591 e. The Morgan fingerprint density at radius 1 is 0.905 bits per heavy atom. The summed E-state index contributed by atoms with van der Waals surface area (Å²) >= 11 is 0. The second-order valence-electron chi connectivity index (χ2n) is 4.90. The van der Waals surface area contributed by atoms with Crippen molar-refractivity contribution in [3.63, 3.8) is 0 Å². The Bertz CT molecular complexity index is 470. The maximum atomic E-state index is 5.56. The molecule has 0 amide bonds. The summed E-state index contributed by atoms with van der Waals surface area (Å²) in [7, 11) is 0. The van der Waals surface area contributed by atoms with E-state index in [0.717, 1.165) is 19.6 Å². The molecule has 2 aromatic rings. The molecule has 2 rings (SSSR count). The first-order valence-electron chi connectivity index (χ1n) is 7.43. The molecule has 0 aliphatic rings. The average molecular weight is 281 g/mol. The lowest BCUT2D eigenvalue weighted by atomic mass is 9.99. The van der Waals surface area contributed by atoms with Gasteiger partial charge in [0, 0.05) is 6.54 Å². The van der Waals surface area contributed by atoms with E-state index in [1.807, 2.05) is 18.2 Å². The summed E-state index contributed by atoms with van der Waals surface area (Å²) in [4.78, 5) is 0. The SMILES string of the molecule is C=CCCOCCNC(c1ccccc1)c1ccccc1. The van der Waals surface area contributed by atoms with Gasteiger partial charge < -0.3 is 10.1 Å². The Morgan fingerprint density at radius 2 is 1.48 bits per heavy atom. The second kappa shape index (κ2) is 9.11.